The minimum atomic E-state index is -0.990. The highest BCUT2D eigenvalue weighted by molar-refractivity contribution is 5.88. The minimum absolute atomic E-state index is 0.158. The average Bonchev–Trinajstić information content (AvgIpc) is 2.28. The average molecular weight is 249 g/mol. The molecule has 0 saturated carbocycles. The van der Waals surface area contributed by atoms with Crippen LogP contribution < -0.4 is 4.90 Å². The second kappa shape index (κ2) is 5.67. The first kappa shape index (κ1) is 14.2. The zero-order valence-electron chi connectivity index (χ0n) is 11.2. The van der Waals surface area contributed by atoms with Crippen LogP contribution in [-0.4, -0.2) is 23.5 Å². The zero-order chi connectivity index (χ0) is 13.9. The number of aliphatic carboxylic acids is 1. The fourth-order valence-corrected chi connectivity index (χ4v) is 1.90. The molecule has 0 spiro atoms. The summed E-state index contributed by atoms with van der Waals surface area (Å²) in [6.07, 6.45) is 0.586. The van der Waals surface area contributed by atoms with Crippen LogP contribution in [0.1, 0.15) is 25.0 Å². The highest BCUT2D eigenvalue weighted by Crippen LogP contribution is 2.22. The Balaban J connectivity index is 3.19. The number of anilines is 1. The lowest BCUT2D eigenvalue weighted by molar-refractivity contribution is -0.140. The Kier molecular flexibility index (Phi) is 4.48. The van der Waals surface area contributed by atoms with Gasteiger partial charge in [-0.3, -0.25) is 4.79 Å². The molecule has 18 heavy (non-hydrogen) atoms. The third-order valence-electron chi connectivity index (χ3n) is 3.09. The van der Waals surface area contributed by atoms with Gasteiger partial charge in [0.15, 0.2) is 0 Å². The highest BCUT2D eigenvalue weighted by atomic mass is 16.4. The molecule has 1 aromatic rings. The van der Waals surface area contributed by atoms with E-state index < -0.39 is 12.0 Å². The van der Waals surface area contributed by atoms with Crippen molar-refractivity contribution >= 4 is 18.1 Å². The molecule has 0 radical (unpaired) electrons. The summed E-state index contributed by atoms with van der Waals surface area (Å²) in [5, 5.41) is 9.23. The number of amides is 1. The molecule has 0 saturated heterocycles. The van der Waals surface area contributed by atoms with Crippen molar-refractivity contribution in [1.82, 2.24) is 0 Å². The molecule has 0 fully saturated rings. The number of aryl methyl sites for hydroxylation is 2. The molecule has 0 aliphatic rings. The maximum atomic E-state index is 11.3. The van der Waals surface area contributed by atoms with Gasteiger partial charge in [0.05, 0.1) is 0 Å². The molecular formula is C14H19NO3. The Morgan fingerprint density at radius 2 is 1.89 bits per heavy atom. The zero-order valence-corrected chi connectivity index (χ0v) is 11.2. The number of hydrogen-bond donors (Lipinski definition) is 1. The van der Waals surface area contributed by atoms with Crippen molar-refractivity contribution < 1.29 is 14.7 Å². The molecule has 1 atom stereocenters. The SMILES string of the molecule is Cc1ccc(N(C=O)C(C(=O)O)C(C)C)cc1C. The van der Waals surface area contributed by atoms with Crippen molar-refractivity contribution in [3.63, 3.8) is 0 Å². The second-order valence-electron chi connectivity index (χ2n) is 4.81. The number of carbonyl (C=O) groups excluding carboxylic acids is 1. The number of nitrogens with zero attached hydrogens (tertiary/aromatic N) is 1. The van der Waals surface area contributed by atoms with E-state index in [-0.39, 0.29) is 5.92 Å². The Morgan fingerprint density at radius 1 is 1.28 bits per heavy atom. The van der Waals surface area contributed by atoms with E-state index in [1.165, 1.54) is 4.90 Å². The van der Waals surface area contributed by atoms with Crippen molar-refractivity contribution in [2.24, 2.45) is 5.92 Å². The van der Waals surface area contributed by atoms with E-state index >= 15 is 0 Å². The minimum Gasteiger partial charge on any atom is -0.480 e. The van der Waals surface area contributed by atoms with Crippen molar-refractivity contribution in [3.8, 4) is 0 Å². The van der Waals surface area contributed by atoms with Gasteiger partial charge in [-0.05, 0) is 43.0 Å². The van der Waals surface area contributed by atoms with E-state index in [4.69, 9.17) is 0 Å². The van der Waals surface area contributed by atoms with E-state index in [0.29, 0.717) is 12.1 Å². The summed E-state index contributed by atoms with van der Waals surface area (Å²) in [5.41, 5.74) is 2.77. The predicted octanol–water partition coefficient (Wildman–Crippen LogP) is 2.38. The van der Waals surface area contributed by atoms with Crippen molar-refractivity contribution in [2.45, 2.75) is 33.7 Å². The summed E-state index contributed by atoms with van der Waals surface area (Å²) >= 11 is 0. The van der Waals surface area contributed by atoms with Crippen LogP contribution in [0.15, 0.2) is 18.2 Å². The molecule has 1 unspecified atom stereocenters. The molecule has 1 rings (SSSR count). The first-order chi connectivity index (χ1) is 8.38. The third kappa shape index (κ3) is 2.88. The summed E-state index contributed by atoms with van der Waals surface area (Å²) < 4.78 is 0. The van der Waals surface area contributed by atoms with Crippen LogP contribution in [0.5, 0.6) is 0 Å². The fraction of sp³-hybridized carbons (Fsp3) is 0.429. The molecular weight excluding hydrogens is 230 g/mol. The van der Waals surface area contributed by atoms with E-state index in [0.717, 1.165) is 11.1 Å². The Morgan fingerprint density at radius 3 is 2.28 bits per heavy atom. The van der Waals surface area contributed by atoms with E-state index in [1.807, 2.05) is 26.0 Å². The van der Waals surface area contributed by atoms with Crippen LogP contribution in [-0.2, 0) is 9.59 Å². The van der Waals surface area contributed by atoms with Crippen LogP contribution >= 0.6 is 0 Å². The van der Waals surface area contributed by atoms with Crippen LogP contribution in [0.4, 0.5) is 5.69 Å². The molecule has 1 aromatic carbocycles. The van der Waals surface area contributed by atoms with Crippen LogP contribution in [0.2, 0.25) is 0 Å². The second-order valence-corrected chi connectivity index (χ2v) is 4.81. The Bertz CT molecular complexity index is 454. The molecule has 0 aliphatic heterocycles. The lowest BCUT2D eigenvalue weighted by atomic mass is 10.0. The molecule has 1 amide bonds. The van der Waals surface area contributed by atoms with Crippen LogP contribution in [0, 0.1) is 19.8 Å². The van der Waals surface area contributed by atoms with E-state index in [1.54, 1.807) is 19.9 Å². The van der Waals surface area contributed by atoms with Gasteiger partial charge in [0, 0.05) is 5.69 Å². The molecule has 0 bridgehead atoms. The Hall–Kier alpha value is -1.84. The normalized spacial score (nSPS) is 12.3. The molecule has 4 nitrogen and oxygen atoms in total. The monoisotopic (exact) mass is 249 g/mol. The van der Waals surface area contributed by atoms with Gasteiger partial charge >= 0.3 is 5.97 Å². The standard InChI is InChI=1S/C14H19NO3/c1-9(2)13(14(17)18)15(8-16)12-6-5-10(3)11(4)7-12/h5-9,13H,1-4H3,(H,17,18). The summed E-state index contributed by atoms with van der Waals surface area (Å²) in [7, 11) is 0. The summed E-state index contributed by atoms with van der Waals surface area (Å²) in [6.45, 7) is 7.49. The van der Waals surface area contributed by atoms with Gasteiger partial charge in [0.25, 0.3) is 0 Å². The van der Waals surface area contributed by atoms with Crippen molar-refractivity contribution in [3.05, 3.63) is 29.3 Å². The first-order valence-electron chi connectivity index (χ1n) is 5.92. The van der Waals surface area contributed by atoms with Crippen molar-refractivity contribution in [1.29, 1.82) is 0 Å². The van der Waals surface area contributed by atoms with Gasteiger partial charge in [0.2, 0.25) is 6.41 Å². The summed E-state index contributed by atoms with van der Waals surface area (Å²) in [5.74, 6) is -1.15. The van der Waals surface area contributed by atoms with Gasteiger partial charge in [0.1, 0.15) is 6.04 Å². The van der Waals surface area contributed by atoms with E-state index in [9.17, 15) is 14.7 Å². The molecule has 98 valence electrons. The van der Waals surface area contributed by atoms with Gasteiger partial charge in [-0.25, -0.2) is 4.79 Å². The number of carboxylic acid groups (broad SMARTS) is 1. The molecule has 0 heterocycles. The molecule has 0 aromatic heterocycles. The first-order valence-corrected chi connectivity index (χ1v) is 5.92. The van der Waals surface area contributed by atoms with Crippen molar-refractivity contribution in [2.75, 3.05) is 4.90 Å². The van der Waals surface area contributed by atoms with Crippen LogP contribution in [0.25, 0.3) is 0 Å². The number of benzene rings is 1. The molecule has 4 heteroatoms. The maximum absolute atomic E-state index is 11.3. The lowest BCUT2D eigenvalue weighted by Crippen LogP contribution is -2.44. The summed E-state index contributed by atoms with van der Waals surface area (Å²) in [6, 6.07) is 4.65. The smallest absolute Gasteiger partial charge is 0.327 e. The van der Waals surface area contributed by atoms with Gasteiger partial charge < -0.3 is 10.0 Å². The van der Waals surface area contributed by atoms with Crippen LogP contribution in [0.3, 0.4) is 0 Å². The molecule has 0 aliphatic carbocycles. The van der Waals surface area contributed by atoms with E-state index in [2.05, 4.69) is 0 Å². The van der Waals surface area contributed by atoms with Gasteiger partial charge in [-0.15, -0.1) is 0 Å². The maximum Gasteiger partial charge on any atom is 0.327 e. The lowest BCUT2D eigenvalue weighted by Gasteiger charge is -2.28. The van der Waals surface area contributed by atoms with Gasteiger partial charge in [-0.2, -0.15) is 0 Å². The topological polar surface area (TPSA) is 57.6 Å². The number of carbonyl (C=O) groups is 2. The quantitative estimate of drug-likeness (QED) is 0.815. The van der Waals surface area contributed by atoms with Gasteiger partial charge in [-0.1, -0.05) is 19.9 Å². The molecule has 1 N–H and O–H groups in total. The number of hydrogen-bond acceptors (Lipinski definition) is 2. The largest absolute Gasteiger partial charge is 0.480 e. The predicted molar refractivity (Wildman–Crippen MR) is 70.7 cm³/mol. The fourth-order valence-electron chi connectivity index (χ4n) is 1.90. The number of rotatable bonds is 5. The Labute approximate surface area is 107 Å². The highest BCUT2D eigenvalue weighted by Gasteiger charge is 2.29. The number of carboxylic acids is 1. The third-order valence-corrected chi connectivity index (χ3v) is 3.09. The summed E-state index contributed by atoms with van der Waals surface area (Å²) in [4.78, 5) is 23.8.